The number of hydrogen-bond acceptors (Lipinski definition) is 5. The maximum atomic E-state index is 13.4. The number of piperazine rings is 1. The van der Waals surface area contributed by atoms with Crippen LogP contribution in [0.25, 0.3) is 16.4 Å². The third-order valence-electron chi connectivity index (χ3n) is 5.75. The highest BCUT2D eigenvalue weighted by Gasteiger charge is 2.22. The molecule has 0 atom stereocenters. The molecule has 1 aromatic carbocycles. The van der Waals surface area contributed by atoms with Crippen LogP contribution in [0.4, 0.5) is 5.69 Å². The molecule has 0 saturated carbocycles. The normalized spacial score (nSPS) is 15.2. The van der Waals surface area contributed by atoms with Crippen molar-refractivity contribution in [2.75, 3.05) is 38.1 Å². The molecule has 0 unspecified atom stereocenters. The third kappa shape index (κ3) is 2.93. The molecule has 3 aromatic heterocycles. The second kappa shape index (κ2) is 7.00. The summed E-state index contributed by atoms with van der Waals surface area (Å²) in [6.07, 6.45) is 1.72. The van der Waals surface area contributed by atoms with E-state index in [1.165, 1.54) is 0 Å². The zero-order valence-corrected chi connectivity index (χ0v) is 16.5. The van der Waals surface area contributed by atoms with Crippen molar-refractivity contribution in [3.63, 3.8) is 0 Å². The van der Waals surface area contributed by atoms with Gasteiger partial charge in [0.25, 0.3) is 5.56 Å². The van der Waals surface area contributed by atoms with Crippen LogP contribution in [0.2, 0.25) is 0 Å². The summed E-state index contributed by atoms with van der Waals surface area (Å²) < 4.78 is 1.66. The van der Waals surface area contributed by atoms with Gasteiger partial charge < -0.3 is 19.2 Å². The van der Waals surface area contributed by atoms with Crippen molar-refractivity contribution < 1.29 is 4.79 Å². The van der Waals surface area contributed by atoms with Crippen molar-refractivity contribution in [1.82, 2.24) is 19.3 Å². The Kier molecular flexibility index (Phi) is 4.29. The minimum atomic E-state index is -0.636. The Bertz CT molecular complexity index is 1370. The maximum Gasteiger partial charge on any atom is 0.326 e. The number of anilines is 1. The van der Waals surface area contributed by atoms with E-state index in [0.717, 1.165) is 31.9 Å². The lowest BCUT2D eigenvalue weighted by atomic mass is 10.1. The summed E-state index contributed by atoms with van der Waals surface area (Å²) in [7, 11) is 2.11. The second-order valence-electron chi connectivity index (χ2n) is 7.63. The van der Waals surface area contributed by atoms with Gasteiger partial charge in [0, 0.05) is 43.6 Å². The molecule has 8 heteroatoms. The number of carbonyl (C=O) groups excluding carboxylic acids is 1. The largest absolute Gasteiger partial charge is 0.369 e. The first kappa shape index (κ1) is 18.4. The molecule has 0 amide bonds. The molecule has 4 aromatic rings. The van der Waals surface area contributed by atoms with Crippen molar-refractivity contribution in [1.29, 1.82) is 0 Å². The number of hydrogen-bond donors (Lipinski definition) is 2. The van der Waals surface area contributed by atoms with E-state index in [2.05, 4.69) is 26.8 Å². The number of pyridine rings is 1. The van der Waals surface area contributed by atoms with Gasteiger partial charge in [0.05, 0.1) is 16.4 Å². The van der Waals surface area contributed by atoms with Crippen LogP contribution in [0.3, 0.4) is 0 Å². The molecular weight excluding hydrogens is 382 g/mol. The molecule has 1 aliphatic heterocycles. The molecule has 2 N–H and O–H groups in total. The highest BCUT2D eigenvalue weighted by Crippen LogP contribution is 2.25. The molecule has 5 rings (SSSR count). The van der Waals surface area contributed by atoms with Gasteiger partial charge in [-0.2, -0.15) is 0 Å². The number of nitrogens with one attached hydrogen (secondary N) is 2. The van der Waals surface area contributed by atoms with Gasteiger partial charge in [-0.25, -0.2) is 4.79 Å². The van der Waals surface area contributed by atoms with E-state index >= 15 is 0 Å². The van der Waals surface area contributed by atoms with E-state index in [9.17, 15) is 14.4 Å². The van der Waals surface area contributed by atoms with Gasteiger partial charge in [-0.1, -0.05) is 6.07 Å². The molecular formula is C22H21N5O3. The monoisotopic (exact) mass is 403 g/mol. The average Bonchev–Trinajstić information content (AvgIpc) is 3.08. The fourth-order valence-corrected chi connectivity index (χ4v) is 4.12. The lowest BCUT2D eigenvalue weighted by Crippen LogP contribution is -2.44. The number of H-pyrrole nitrogens is 2. The van der Waals surface area contributed by atoms with Crippen LogP contribution in [0, 0.1) is 0 Å². The average molecular weight is 403 g/mol. The zero-order valence-electron chi connectivity index (χ0n) is 16.5. The highest BCUT2D eigenvalue weighted by molar-refractivity contribution is 6.17. The van der Waals surface area contributed by atoms with Gasteiger partial charge in [0.15, 0.2) is 0 Å². The first-order valence-electron chi connectivity index (χ1n) is 9.86. The summed E-state index contributed by atoms with van der Waals surface area (Å²) in [5, 5.41) is 0.299. The van der Waals surface area contributed by atoms with E-state index in [4.69, 9.17) is 0 Å². The van der Waals surface area contributed by atoms with Crippen molar-refractivity contribution >= 4 is 27.9 Å². The molecule has 8 nitrogen and oxygen atoms in total. The summed E-state index contributed by atoms with van der Waals surface area (Å²) >= 11 is 0. The number of likely N-dealkylation sites (N-methyl/N-ethyl adjacent to an activating group) is 1. The van der Waals surface area contributed by atoms with E-state index in [-0.39, 0.29) is 17.0 Å². The van der Waals surface area contributed by atoms with Crippen LogP contribution in [0.15, 0.2) is 58.3 Å². The van der Waals surface area contributed by atoms with Crippen LogP contribution in [-0.4, -0.2) is 58.3 Å². The van der Waals surface area contributed by atoms with Crippen molar-refractivity contribution in [2.45, 2.75) is 0 Å². The van der Waals surface area contributed by atoms with Crippen LogP contribution >= 0.6 is 0 Å². The highest BCUT2D eigenvalue weighted by atomic mass is 16.2. The second-order valence-corrected chi connectivity index (χ2v) is 7.63. The van der Waals surface area contributed by atoms with E-state index in [0.29, 0.717) is 16.5 Å². The van der Waals surface area contributed by atoms with E-state index in [1.807, 2.05) is 12.1 Å². The summed E-state index contributed by atoms with van der Waals surface area (Å²) in [6.45, 7) is 3.90. The first-order chi connectivity index (χ1) is 14.5. The lowest BCUT2D eigenvalue weighted by molar-refractivity contribution is 0.103. The Morgan fingerprint density at radius 1 is 0.933 bits per heavy atom. The van der Waals surface area contributed by atoms with Crippen LogP contribution in [0.5, 0.6) is 0 Å². The fourth-order valence-electron chi connectivity index (χ4n) is 4.12. The third-order valence-corrected chi connectivity index (χ3v) is 5.75. The number of aromatic amines is 2. The van der Waals surface area contributed by atoms with Crippen molar-refractivity contribution in [3.8, 4) is 0 Å². The standard InChI is InChI=1S/C22H21N5O3/c1-25-10-12-26(13-11-25)15-7-5-14(6-8-15)20(28)19-18-17(21(29)24-22(30)23-18)16-4-2-3-9-27(16)19/h2-9H,10-13H2,1H3,(H2,23,24,29,30). The molecule has 0 bridgehead atoms. The summed E-state index contributed by atoms with van der Waals surface area (Å²) in [5.74, 6) is -0.252. The topological polar surface area (TPSA) is 93.7 Å². The Labute approximate surface area is 171 Å². The predicted octanol–water partition coefficient (Wildman–Crippen LogP) is 1.45. The van der Waals surface area contributed by atoms with E-state index in [1.54, 1.807) is 40.9 Å². The van der Waals surface area contributed by atoms with Gasteiger partial charge >= 0.3 is 5.69 Å². The number of carbonyl (C=O) groups is 1. The van der Waals surface area contributed by atoms with Gasteiger partial charge in [-0.3, -0.25) is 14.6 Å². The molecule has 0 radical (unpaired) electrons. The summed E-state index contributed by atoms with van der Waals surface area (Å²) in [5.41, 5.74) is 1.53. The quantitative estimate of drug-likeness (QED) is 0.505. The minimum absolute atomic E-state index is 0.252. The number of benzene rings is 1. The smallest absolute Gasteiger partial charge is 0.326 e. The minimum Gasteiger partial charge on any atom is -0.369 e. The van der Waals surface area contributed by atoms with Gasteiger partial charge in [0.1, 0.15) is 5.69 Å². The van der Waals surface area contributed by atoms with Crippen LogP contribution < -0.4 is 16.1 Å². The molecule has 1 saturated heterocycles. The molecule has 0 aliphatic carbocycles. The van der Waals surface area contributed by atoms with Gasteiger partial charge in [0.2, 0.25) is 5.78 Å². The molecule has 1 aliphatic rings. The summed E-state index contributed by atoms with van der Waals surface area (Å²) in [6, 6.07) is 12.8. The number of rotatable bonds is 3. The van der Waals surface area contributed by atoms with Crippen molar-refractivity contribution in [2.24, 2.45) is 0 Å². The Morgan fingerprint density at radius 3 is 2.40 bits per heavy atom. The Hall–Kier alpha value is -3.65. The molecule has 1 fully saturated rings. The number of ketones is 1. The Morgan fingerprint density at radius 2 is 1.67 bits per heavy atom. The first-order valence-corrected chi connectivity index (χ1v) is 9.86. The SMILES string of the molecule is CN1CCN(c2ccc(C(=O)c3c4[nH]c(=O)[nH]c(=O)c4c4ccccn34)cc2)CC1. The van der Waals surface area contributed by atoms with Crippen LogP contribution in [-0.2, 0) is 0 Å². The molecule has 30 heavy (non-hydrogen) atoms. The zero-order chi connectivity index (χ0) is 20.8. The van der Waals surface area contributed by atoms with Gasteiger partial charge in [-0.05, 0) is 43.4 Å². The van der Waals surface area contributed by atoms with Gasteiger partial charge in [-0.15, -0.1) is 0 Å². The van der Waals surface area contributed by atoms with Crippen molar-refractivity contribution in [3.05, 3.63) is 80.8 Å². The fraction of sp³-hybridized carbons (Fsp3) is 0.227. The Balaban J connectivity index is 1.59. The number of aromatic nitrogens is 3. The maximum absolute atomic E-state index is 13.4. The summed E-state index contributed by atoms with van der Waals surface area (Å²) in [4.78, 5) is 47.2. The predicted molar refractivity (Wildman–Crippen MR) is 116 cm³/mol. The lowest BCUT2D eigenvalue weighted by Gasteiger charge is -2.34. The molecule has 152 valence electrons. The number of nitrogens with zero attached hydrogens (tertiary/aromatic N) is 3. The van der Waals surface area contributed by atoms with Crippen LogP contribution in [0.1, 0.15) is 16.1 Å². The van der Waals surface area contributed by atoms with E-state index < -0.39 is 11.2 Å². The molecule has 4 heterocycles. The molecule has 0 spiro atoms. The number of fused-ring (bicyclic) bond motifs is 3.